The third-order valence-electron chi connectivity index (χ3n) is 5.27. The monoisotopic (exact) mass is 387 g/mol. The smallest absolute Gasteiger partial charge is 0.268 e. The zero-order valence-corrected chi connectivity index (χ0v) is 16.6. The van der Waals surface area contributed by atoms with Crippen molar-refractivity contribution >= 4 is 34.0 Å². The highest BCUT2D eigenvalue weighted by atomic mass is 32.1. The molecule has 5 rings (SSSR count). The second-order valence-electron chi connectivity index (χ2n) is 7.08. The Kier molecular flexibility index (Phi) is 4.24. The first-order chi connectivity index (χ1) is 13.8. The van der Waals surface area contributed by atoms with Crippen LogP contribution >= 0.6 is 11.3 Å². The summed E-state index contributed by atoms with van der Waals surface area (Å²) in [6.07, 6.45) is 1.96. The molecule has 2 aromatic heterocycles. The molecule has 0 spiro atoms. The lowest BCUT2D eigenvalue weighted by atomic mass is 10.2. The Morgan fingerprint density at radius 2 is 1.89 bits per heavy atom. The van der Waals surface area contributed by atoms with Crippen molar-refractivity contribution in [2.75, 3.05) is 11.4 Å². The van der Waals surface area contributed by atoms with Gasteiger partial charge in [-0.1, -0.05) is 37.3 Å². The normalized spacial score (nSPS) is 13.2. The van der Waals surface area contributed by atoms with Crippen molar-refractivity contribution in [1.82, 2.24) is 9.55 Å². The number of imidazole rings is 1. The number of amides is 1. The molecule has 0 aliphatic carbocycles. The zero-order valence-electron chi connectivity index (χ0n) is 15.8. The molecule has 0 saturated carbocycles. The molecule has 2 aromatic carbocycles. The number of nitrogens with zero attached hydrogens (tertiary/aromatic N) is 3. The standard InChI is InChI=1S/C23H21N3OS/c1-2-14-25-19-10-6-4-8-17(19)24-22(25)20-11-12-21(28-20)23(27)26-15-13-16-7-3-5-9-18(16)26/h3-12H,2,13-15H2,1H3. The number of anilines is 1. The number of aryl methyl sites for hydroxylation is 1. The highest BCUT2D eigenvalue weighted by Gasteiger charge is 2.26. The van der Waals surface area contributed by atoms with Crippen LogP contribution in [0.5, 0.6) is 0 Å². The number of carbonyl (C=O) groups is 1. The van der Waals surface area contributed by atoms with Crippen LogP contribution in [-0.2, 0) is 13.0 Å². The van der Waals surface area contributed by atoms with Gasteiger partial charge < -0.3 is 9.47 Å². The Labute approximate surface area is 168 Å². The lowest BCUT2D eigenvalue weighted by Crippen LogP contribution is -2.28. The fourth-order valence-electron chi connectivity index (χ4n) is 3.97. The van der Waals surface area contributed by atoms with Gasteiger partial charge in [-0.05, 0) is 48.7 Å². The molecule has 0 saturated heterocycles. The topological polar surface area (TPSA) is 38.1 Å². The third-order valence-corrected chi connectivity index (χ3v) is 6.34. The molecule has 0 atom stereocenters. The first-order valence-corrected chi connectivity index (χ1v) is 10.5. The molecule has 1 aliphatic heterocycles. The van der Waals surface area contributed by atoms with E-state index in [0.29, 0.717) is 0 Å². The van der Waals surface area contributed by atoms with Crippen LogP contribution in [0.25, 0.3) is 21.7 Å². The van der Waals surface area contributed by atoms with Crippen LogP contribution in [0.1, 0.15) is 28.6 Å². The molecule has 0 bridgehead atoms. The third kappa shape index (κ3) is 2.74. The van der Waals surface area contributed by atoms with Crippen molar-refractivity contribution < 1.29 is 4.79 Å². The largest absolute Gasteiger partial charge is 0.323 e. The van der Waals surface area contributed by atoms with Crippen molar-refractivity contribution in [1.29, 1.82) is 0 Å². The van der Waals surface area contributed by atoms with Crippen LogP contribution in [0.3, 0.4) is 0 Å². The molecule has 5 heteroatoms. The van der Waals surface area contributed by atoms with Gasteiger partial charge >= 0.3 is 0 Å². The van der Waals surface area contributed by atoms with Crippen LogP contribution < -0.4 is 4.90 Å². The van der Waals surface area contributed by atoms with Gasteiger partial charge in [-0.25, -0.2) is 4.98 Å². The van der Waals surface area contributed by atoms with Crippen LogP contribution in [-0.4, -0.2) is 22.0 Å². The fourth-order valence-corrected chi connectivity index (χ4v) is 4.92. The molecule has 0 fully saturated rings. The Bertz CT molecular complexity index is 1170. The second-order valence-corrected chi connectivity index (χ2v) is 8.16. The molecule has 0 radical (unpaired) electrons. The van der Waals surface area contributed by atoms with E-state index >= 15 is 0 Å². The Morgan fingerprint density at radius 3 is 2.79 bits per heavy atom. The maximum Gasteiger partial charge on any atom is 0.268 e. The van der Waals surface area contributed by atoms with Crippen molar-refractivity contribution in [3.8, 4) is 10.7 Å². The fraction of sp³-hybridized carbons (Fsp3) is 0.217. The lowest BCUT2D eigenvalue weighted by molar-refractivity contribution is 0.0993. The number of aromatic nitrogens is 2. The van der Waals surface area contributed by atoms with Crippen molar-refractivity contribution in [3.63, 3.8) is 0 Å². The van der Waals surface area contributed by atoms with Crippen molar-refractivity contribution in [2.24, 2.45) is 0 Å². The molecule has 4 nitrogen and oxygen atoms in total. The van der Waals surface area contributed by atoms with E-state index in [9.17, 15) is 4.79 Å². The zero-order chi connectivity index (χ0) is 19.1. The number of thiophene rings is 1. The summed E-state index contributed by atoms with van der Waals surface area (Å²) >= 11 is 1.54. The van der Waals surface area contributed by atoms with Crippen molar-refractivity contribution in [3.05, 3.63) is 71.1 Å². The summed E-state index contributed by atoms with van der Waals surface area (Å²) in [5.74, 6) is 1.04. The van der Waals surface area contributed by atoms with E-state index in [-0.39, 0.29) is 5.91 Å². The molecule has 0 unspecified atom stereocenters. The number of fused-ring (bicyclic) bond motifs is 2. The highest BCUT2D eigenvalue weighted by molar-refractivity contribution is 7.17. The molecule has 0 N–H and O–H groups in total. The number of benzene rings is 2. The molecular weight excluding hydrogens is 366 g/mol. The minimum Gasteiger partial charge on any atom is -0.323 e. The van der Waals surface area contributed by atoms with Crippen LogP contribution in [0, 0.1) is 0 Å². The number of hydrogen-bond acceptors (Lipinski definition) is 3. The lowest BCUT2D eigenvalue weighted by Gasteiger charge is -2.16. The SMILES string of the molecule is CCCn1c(-c2ccc(C(=O)N3CCc4ccccc43)s2)nc2ccccc21. The predicted octanol–water partition coefficient (Wildman–Crippen LogP) is 5.38. The van der Waals surface area contributed by atoms with Crippen LogP contribution in [0.2, 0.25) is 0 Å². The van der Waals surface area contributed by atoms with E-state index in [4.69, 9.17) is 4.98 Å². The van der Waals surface area contributed by atoms with Gasteiger partial charge in [0.1, 0.15) is 0 Å². The summed E-state index contributed by atoms with van der Waals surface area (Å²) in [5, 5.41) is 0. The van der Waals surface area contributed by atoms with E-state index in [1.54, 1.807) is 0 Å². The predicted molar refractivity (Wildman–Crippen MR) is 115 cm³/mol. The Hall–Kier alpha value is -2.92. The summed E-state index contributed by atoms with van der Waals surface area (Å²) in [7, 11) is 0. The summed E-state index contributed by atoms with van der Waals surface area (Å²) in [6.45, 7) is 3.84. The van der Waals surface area contributed by atoms with Crippen molar-refractivity contribution in [2.45, 2.75) is 26.3 Å². The van der Waals surface area contributed by atoms with Gasteiger partial charge in [-0.15, -0.1) is 11.3 Å². The summed E-state index contributed by atoms with van der Waals surface area (Å²) < 4.78 is 2.26. The minimum atomic E-state index is 0.0827. The van der Waals surface area contributed by atoms with Crippen LogP contribution in [0.4, 0.5) is 5.69 Å². The maximum absolute atomic E-state index is 13.1. The van der Waals surface area contributed by atoms with Gasteiger partial charge in [0.05, 0.1) is 20.8 Å². The number of hydrogen-bond donors (Lipinski definition) is 0. The second kappa shape index (κ2) is 6.91. The van der Waals surface area contributed by atoms with Gasteiger partial charge in [0.25, 0.3) is 5.91 Å². The van der Waals surface area contributed by atoms with E-state index in [1.807, 2.05) is 53.4 Å². The Balaban J connectivity index is 1.51. The summed E-state index contributed by atoms with van der Waals surface area (Å²) in [5.41, 5.74) is 4.44. The van der Waals surface area contributed by atoms with E-state index in [1.165, 1.54) is 16.9 Å². The molecule has 140 valence electrons. The van der Waals surface area contributed by atoms with Gasteiger partial charge in [0.15, 0.2) is 5.82 Å². The van der Waals surface area contributed by atoms with Gasteiger partial charge in [-0.2, -0.15) is 0 Å². The van der Waals surface area contributed by atoms with Gasteiger partial charge in [0.2, 0.25) is 0 Å². The van der Waals surface area contributed by atoms with E-state index in [2.05, 4.69) is 23.6 Å². The highest BCUT2D eigenvalue weighted by Crippen LogP contribution is 2.34. The first-order valence-electron chi connectivity index (χ1n) is 9.71. The number of para-hydroxylation sites is 3. The molecule has 3 heterocycles. The first kappa shape index (κ1) is 17.2. The molecular formula is C23H21N3OS. The van der Waals surface area contributed by atoms with Crippen LogP contribution in [0.15, 0.2) is 60.7 Å². The molecule has 4 aromatic rings. The molecule has 1 amide bonds. The molecule has 1 aliphatic rings. The van der Waals surface area contributed by atoms with Gasteiger partial charge in [0, 0.05) is 18.8 Å². The summed E-state index contributed by atoms with van der Waals surface area (Å²) in [6, 6.07) is 20.4. The average molecular weight is 388 g/mol. The summed E-state index contributed by atoms with van der Waals surface area (Å²) in [4.78, 5) is 21.7. The van der Waals surface area contributed by atoms with Gasteiger partial charge in [-0.3, -0.25) is 4.79 Å². The molecule has 28 heavy (non-hydrogen) atoms. The quantitative estimate of drug-likeness (QED) is 0.472. The Morgan fingerprint density at radius 1 is 1.07 bits per heavy atom. The maximum atomic E-state index is 13.1. The number of carbonyl (C=O) groups excluding carboxylic acids is 1. The van der Waals surface area contributed by atoms with E-state index < -0.39 is 0 Å². The number of rotatable bonds is 4. The minimum absolute atomic E-state index is 0.0827. The average Bonchev–Trinajstić information content (AvgIpc) is 3.45. The van der Waals surface area contributed by atoms with E-state index in [0.717, 1.165) is 58.2 Å².